The summed E-state index contributed by atoms with van der Waals surface area (Å²) in [6.45, 7) is 1.97. The van der Waals surface area contributed by atoms with Crippen LogP contribution < -0.4 is 0 Å². The van der Waals surface area contributed by atoms with Gasteiger partial charge in [-0.3, -0.25) is 0 Å². The average molecular weight is 364 g/mol. The number of aromatic amines is 1. The Balaban J connectivity index is 1.99. The summed E-state index contributed by atoms with van der Waals surface area (Å²) < 4.78 is 1.67. The fraction of sp³-hybridized carbons (Fsp3) is 0.211. The van der Waals surface area contributed by atoms with Gasteiger partial charge in [-0.1, -0.05) is 42.5 Å². The van der Waals surface area contributed by atoms with Gasteiger partial charge in [-0.15, -0.1) is 11.3 Å². The number of aromatic nitrogens is 3. The molecule has 3 aromatic heterocycles. The highest BCUT2D eigenvalue weighted by Crippen LogP contribution is 2.42. The van der Waals surface area contributed by atoms with E-state index >= 15 is 0 Å². The summed E-state index contributed by atoms with van der Waals surface area (Å²) in [7, 11) is 2.17. The summed E-state index contributed by atoms with van der Waals surface area (Å²) in [5.41, 5.74) is 6.13. The Kier molecular flexibility index (Phi) is 3.45. The normalized spacial score (nSPS) is 14.9. The van der Waals surface area contributed by atoms with Gasteiger partial charge in [-0.25, -0.2) is 9.97 Å². The van der Waals surface area contributed by atoms with Gasteiger partial charge >= 0.3 is 0 Å². The summed E-state index contributed by atoms with van der Waals surface area (Å²) in [5.74, 6) is 0. The second kappa shape index (κ2) is 5.69. The van der Waals surface area contributed by atoms with E-state index < -0.39 is 0 Å². The Morgan fingerprint density at radius 1 is 1.24 bits per heavy atom. The Morgan fingerprint density at radius 3 is 2.92 bits per heavy atom. The zero-order valence-electron chi connectivity index (χ0n) is 13.7. The summed E-state index contributed by atoms with van der Waals surface area (Å²) >= 11 is 7.10. The average Bonchev–Trinajstić information content (AvgIpc) is 3.00. The maximum Gasteiger partial charge on any atom is 0.147 e. The first-order chi connectivity index (χ1) is 12.2. The number of hydrogen-bond donors (Lipinski definition) is 1. The van der Waals surface area contributed by atoms with Crippen LogP contribution in [-0.2, 0) is 13.0 Å². The van der Waals surface area contributed by atoms with Gasteiger partial charge in [0, 0.05) is 36.2 Å². The first kappa shape index (κ1) is 15.1. The smallest absolute Gasteiger partial charge is 0.147 e. The largest absolute Gasteiger partial charge is 0.344 e. The summed E-state index contributed by atoms with van der Waals surface area (Å²) in [5, 5.41) is 1.17. The molecule has 1 aliphatic rings. The van der Waals surface area contributed by atoms with Crippen LogP contribution in [-0.4, -0.2) is 33.4 Å². The van der Waals surface area contributed by atoms with Crippen LogP contribution in [0.4, 0.5) is 0 Å². The van der Waals surface area contributed by atoms with Crippen LogP contribution in [0.15, 0.2) is 36.7 Å². The number of pyridine rings is 1. The van der Waals surface area contributed by atoms with Gasteiger partial charge in [0.15, 0.2) is 0 Å². The molecular formula is C19H16N4S2. The highest BCUT2D eigenvalue weighted by Gasteiger charge is 2.24. The molecule has 0 saturated heterocycles. The number of nitrogens with one attached hydrogen (secondary N) is 1. The van der Waals surface area contributed by atoms with Crippen molar-refractivity contribution in [3.63, 3.8) is 0 Å². The van der Waals surface area contributed by atoms with Crippen LogP contribution in [0.3, 0.4) is 0 Å². The van der Waals surface area contributed by atoms with E-state index in [0.29, 0.717) is 4.64 Å². The van der Waals surface area contributed by atoms with E-state index in [-0.39, 0.29) is 0 Å². The van der Waals surface area contributed by atoms with E-state index in [4.69, 9.17) is 17.2 Å². The van der Waals surface area contributed by atoms with Crippen molar-refractivity contribution < 1.29 is 0 Å². The van der Waals surface area contributed by atoms with Gasteiger partial charge in [0.1, 0.15) is 9.47 Å². The molecule has 1 aromatic carbocycles. The quantitative estimate of drug-likeness (QED) is 0.503. The monoisotopic (exact) mass is 364 g/mol. The molecule has 1 aliphatic heterocycles. The molecule has 4 aromatic rings. The Labute approximate surface area is 154 Å². The van der Waals surface area contributed by atoms with Crippen LogP contribution in [0.2, 0.25) is 0 Å². The SMILES string of the molecule is CN1CCc2nc3sc4c(=S)nc[nH]c4c3c(-c3ccccc3)c2C1. The number of benzene rings is 1. The molecular weight excluding hydrogens is 348 g/mol. The lowest BCUT2D eigenvalue weighted by Crippen LogP contribution is -2.27. The lowest BCUT2D eigenvalue weighted by atomic mass is 9.92. The molecule has 0 unspecified atom stereocenters. The first-order valence-electron chi connectivity index (χ1n) is 8.28. The summed E-state index contributed by atoms with van der Waals surface area (Å²) in [6, 6.07) is 10.6. The van der Waals surface area contributed by atoms with Crippen LogP contribution in [0, 0.1) is 4.64 Å². The predicted octanol–water partition coefficient (Wildman–Crippen LogP) is 4.56. The Morgan fingerprint density at radius 2 is 2.08 bits per heavy atom. The molecule has 0 atom stereocenters. The first-order valence-corrected chi connectivity index (χ1v) is 9.50. The van der Waals surface area contributed by atoms with Crippen molar-refractivity contribution in [2.24, 2.45) is 0 Å². The second-order valence-electron chi connectivity index (χ2n) is 6.46. The molecule has 0 amide bonds. The molecule has 4 nitrogen and oxygen atoms in total. The van der Waals surface area contributed by atoms with Gasteiger partial charge in [0.05, 0.1) is 16.5 Å². The van der Waals surface area contributed by atoms with Crippen LogP contribution in [0.25, 0.3) is 31.6 Å². The number of fused-ring (bicyclic) bond motifs is 4. The molecule has 0 aliphatic carbocycles. The van der Waals surface area contributed by atoms with Crippen LogP contribution in [0.5, 0.6) is 0 Å². The van der Waals surface area contributed by atoms with Crippen LogP contribution in [0.1, 0.15) is 11.3 Å². The number of likely N-dealkylation sites (N-methyl/N-ethyl adjacent to an activating group) is 1. The summed E-state index contributed by atoms with van der Waals surface area (Å²) in [6.07, 6.45) is 2.68. The van der Waals surface area contributed by atoms with E-state index in [1.54, 1.807) is 17.7 Å². The number of nitrogens with zero attached hydrogens (tertiary/aromatic N) is 3. The van der Waals surface area contributed by atoms with Crippen molar-refractivity contribution in [3.05, 3.63) is 52.6 Å². The molecule has 5 rings (SSSR count). The number of thiophene rings is 1. The number of hydrogen-bond acceptors (Lipinski definition) is 5. The third-order valence-corrected chi connectivity index (χ3v) is 6.36. The minimum absolute atomic E-state index is 0.644. The van der Waals surface area contributed by atoms with E-state index in [1.165, 1.54) is 27.8 Å². The fourth-order valence-corrected chi connectivity index (χ4v) is 5.00. The van der Waals surface area contributed by atoms with Crippen molar-refractivity contribution >= 4 is 44.0 Å². The topological polar surface area (TPSA) is 44.8 Å². The zero-order valence-corrected chi connectivity index (χ0v) is 15.4. The number of H-pyrrole nitrogens is 1. The minimum atomic E-state index is 0.644. The Hall–Kier alpha value is -2.15. The van der Waals surface area contributed by atoms with E-state index in [2.05, 4.69) is 52.2 Å². The third-order valence-electron chi connectivity index (χ3n) is 4.83. The van der Waals surface area contributed by atoms with Crippen molar-refractivity contribution in [1.82, 2.24) is 19.9 Å². The maximum atomic E-state index is 5.45. The molecule has 0 bridgehead atoms. The highest BCUT2D eigenvalue weighted by molar-refractivity contribution is 7.71. The second-order valence-corrected chi connectivity index (χ2v) is 7.85. The van der Waals surface area contributed by atoms with Crippen molar-refractivity contribution in [3.8, 4) is 11.1 Å². The standard InChI is InChI=1S/C19H16N4S2/c1-23-8-7-13-12(9-23)14(11-5-3-2-4-6-11)15-16-17(25-19(15)22-13)18(24)21-10-20-16/h2-6,10H,7-9H2,1H3,(H,20,21,24). The molecule has 6 heteroatoms. The van der Waals surface area contributed by atoms with E-state index in [0.717, 1.165) is 34.6 Å². The maximum absolute atomic E-state index is 5.45. The number of rotatable bonds is 1. The molecule has 124 valence electrons. The van der Waals surface area contributed by atoms with Crippen molar-refractivity contribution in [1.29, 1.82) is 0 Å². The molecule has 0 saturated carbocycles. The van der Waals surface area contributed by atoms with Gasteiger partial charge in [-0.05, 0) is 18.2 Å². The predicted molar refractivity (Wildman–Crippen MR) is 106 cm³/mol. The zero-order chi connectivity index (χ0) is 17.0. The third kappa shape index (κ3) is 2.33. The van der Waals surface area contributed by atoms with Crippen molar-refractivity contribution in [2.45, 2.75) is 13.0 Å². The van der Waals surface area contributed by atoms with Gasteiger partial charge in [0.2, 0.25) is 0 Å². The minimum Gasteiger partial charge on any atom is -0.344 e. The molecule has 0 fully saturated rings. The fourth-order valence-electron chi connectivity index (χ4n) is 3.66. The van der Waals surface area contributed by atoms with Crippen molar-refractivity contribution in [2.75, 3.05) is 13.6 Å². The summed E-state index contributed by atoms with van der Waals surface area (Å²) in [4.78, 5) is 16.0. The van der Waals surface area contributed by atoms with Gasteiger partial charge < -0.3 is 9.88 Å². The van der Waals surface area contributed by atoms with E-state index in [9.17, 15) is 0 Å². The molecule has 4 heterocycles. The van der Waals surface area contributed by atoms with Gasteiger partial charge in [-0.2, -0.15) is 0 Å². The van der Waals surface area contributed by atoms with Crippen LogP contribution >= 0.6 is 23.6 Å². The molecule has 0 radical (unpaired) electrons. The van der Waals surface area contributed by atoms with Gasteiger partial charge in [0.25, 0.3) is 0 Å². The lowest BCUT2D eigenvalue weighted by Gasteiger charge is -2.27. The van der Waals surface area contributed by atoms with E-state index in [1.807, 2.05) is 0 Å². The molecule has 25 heavy (non-hydrogen) atoms. The molecule has 0 spiro atoms. The Bertz CT molecular complexity index is 1160. The highest BCUT2D eigenvalue weighted by atomic mass is 32.1. The lowest BCUT2D eigenvalue weighted by molar-refractivity contribution is 0.311. The molecule has 1 N–H and O–H groups in total.